The van der Waals surface area contributed by atoms with Gasteiger partial charge in [-0.15, -0.1) is 0 Å². The van der Waals surface area contributed by atoms with Crippen molar-refractivity contribution in [1.29, 1.82) is 0 Å². The average molecular weight is 748 g/mol. The Labute approximate surface area is 310 Å². The Bertz CT molecular complexity index is 1200. The van der Waals surface area contributed by atoms with E-state index in [1.807, 2.05) is 32.8 Å². The molecule has 304 valence electrons. The van der Waals surface area contributed by atoms with Gasteiger partial charge in [0.2, 0.25) is 0 Å². The van der Waals surface area contributed by atoms with Gasteiger partial charge in [-0.3, -0.25) is 9.59 Å². The van der Waals surface area contributed by atoms with Gasteiger partial charge in [0.15, 0.2) is 12.6 Å². The monoisotopic (exact) mass is 747 g/mol. The number of aliphatic hydroxyl groups excluding tert-OH is 3. The third-order valence-corrected chi connectivity index (χ3v) is 12.4. The summed E-state index contributed by atoms with van der Waals surface area (Å²) in [5.41, 5.74) is -5.72. The van der Waals surface area contributed by atoms with Crippen LogP contribution < -0.4 is 0 Å². The van der Waals surface area contributed by atoms with Gasteiger partial charge in [-0.25, -0.2) is 0 Å². The molecule has 3 rings (SSSR count). The van der Waals surface area contributed by atoms with Gasteiger partial charge in [0.25, 0.3) is 0 Å². The number of carbonyl (C=O) groups excluding carboxylic acids is 2. The molecule has 0 amide bonds. The summed E-state index contributed by atoms with van der Waals surface area (Å²) in [6.45, 7) is 17.1. The van der Waals surface area contributed by atoms with Crippen LogP contribution in [0.1, 0.15) is 101 Å². The average Bonchev–Trinajstić information content (AvgIpc) is 3.07. The van der Waals surface area contributed by atoms with Crippen LogP contribution in [0.15, 0.2) is 0 Å². The summed E-state index contributed by atoms with van der Waals surface area (Å²) >= 11 is 0. The molecule has 17 atom stereocenters. The second-order valence-electron chi connectivity index (χ2n) is 16.8. The van der Waals surface area contributed by atoms with Crippen LogP contribution >= 0.6 is 0 Å². The number of Topliss-reactive ketones (excluding diaryl/α,β-unsaturated/α-hetero) is 1. The summed E-state index contributed by atoms with van der Waals surface area (Å²) < 4.78 is 44.0. The highest BCUT2D eigenvalue weighted by atomic mass is 16.7. The summed E-state index contributed by atoms with van der Waals surface area (Å²) in [6.07, 6.45) is -8.14. The van der Waals surface area contributed by atoms with Crippen LogP contribution in [0, 0.1) is 17.8 Å². The van der Waals surface area contributed by atoms with Crippen LogP contribution in [-0.2, 0) is 42.7 Å². The Kier molecular flexibility index (Phi) is 14.9. The molecule has 3 aliphatic rings. The molecule has 3 heterocycles. The first-order valence-corrected chi connectivity index (χ1v) is 18.8. The van der Waals surface area contributed by atoms with Gasteiger partial charge in [-0.05, 0) is 74.9 Å². The zero-order chi connectivity index (χ0) is 39.7. The number of cyclic esters (lactones) is 1. The molecule has 0 radical (unpaired) electrons. The van der Waals surface area contributed by atoms with Crippen molar-refractivity contribution in [3.63, 3.8) is 0 Å². The zero-order valence-electron chi connectivity index (χ0n) is 34.0. The van der Waals surface area contributed by atoms with Crippen molar-refractivity contribution in [2.24, 2.45) is 17.8 Å². The SMILES string of the molecule is CCC1OC(=O)CC(C)(OC2CC(C)(OC)C(O)C(C)O2)C(C)C(OC2OC(C)CC(N(C)C)C2O)C(C)(OC)CC(C)C(=O)C(C)C(O)C1(C)O. The van der Waals surface area contributed by atoms with E-state index in [0.29, 0.717) is 6.42 Å². The number of aliphatic hydroxyl groups is 4. The molecule has 0 spiro atoms. The quantitative estimate of drug-likeness (QED) is 0.266. The lowest BCUT2D eigenvalue weighted by atomic mass is 9.72. The van der Waals surface area contributed by atoms with Gasteiger partial charge in [0.05, 0.1) is 47.6 Å². The van der Waals surface area contributed by atoms with Gasteiger partial charge in [-0.2, -0.15) is 0 Å². The molecule has 4 N–H and O–H groups in total. The number of nitrogens with zero attached hydrogens (tertiary/aromatic N) is 1. The summed E-state index contributed by atoms with van der Waals surface area (Å²) in [4.78, 5) is 30.0. The van der Waals surface area contributed by atoms with Gasteiger partial charge < -0.3 is 58.5 Å². The molecule has 0 aromatic rings. The predicted octanol–water partition coefficient (Wildman–Crippen LogP) is 2.58. The molecule has 0 aromatic carbocycles. The fourth-order valence-electron chi connectivity index (χ4n) is 8.53. The molecule has 3 aliphatic heterocycles. The van der Waals surface area contributed by atoms with E-state index in [1.54, 1.807) is 48.5 Å². The van der Waals surface area contributed by atoms with Crippen LogP contribution in [0.3, 0.4) is 0 Å². The molecule has 0 aromatic heterocycles. The lowest BCUT2D eigenvalue weighted by molar-refractivity contribution is -0.331. The minimum absolute atomic E-state index is 0.106. The number of rotatable bonds is 8. The molecular formula is C38H69NO13. The summed E-state index contributed by atoms with van der Waals surface area (Å²) in [6, 6.07) is -0.286. The fourth-order valence-corrected chi connectivity index (χ4v) is 8.53. The largest absolute Gasteiger partial charge is 0.459 e. The van der Waals surface area contributed by atoms with E-state index in [2.05, 4.69) is 0 Å². The van der Waals surface area contributed by atoms with Crippen molar-refractivity contribution >= 4 is 11.8 Å². The van der Waals surface area contributed by atoms with Crippen LogP contribution in [-0.4, -0.2) is 149 Å². The van der Waals surface area contributed by atoms with Crippen molar-refractivity contribution in [2.75, 3.05) is 28.3 Å². The number of ether oxygens (including phenoxy) is 7. The molecule has 14 nitrogen and oxygen atoms in total. The van der Waals surface area contributed by atoms with Crippen molar-refractivity contribution < 1.29 is 63.2 Å². The Hall–Kier alpha value is -1.30. The number of hydrogen-bond donors (Lipinski definition) is 4. The lowest BCUT2D eigenvalue weighted by Crippen LogP contribution is -2.62. The predicted molar refractivity (Wildman–Crippen MR) is 191 cm³/mol. The lowest BCUT2D eigenvalue weighted by Gasteiger charge is -2.52. The highest BCUT2D eigenvalue weighted by Gasteiger charge is 2.55. The molecule has 3 fully saturated rings. The van der Waals surface area contributed by atoms with Crippen LogP contribution in [0.25, 0.3) is 0 Å². The van der Waals surface area contributed by atoms with E-state index in [9.17, 15) is 30.0 Å². The highest BCUT2D eigenvalue weighted by Crippen LogP contribution is 2.44. The number of hydrogen-bond acceptors (Lipinski definition) is 14. The van der Waals surface area contributed by atoms with Gasteiger partial charge in [-0.1, -0.05) is 27.7 Å². The van der Waals surface area contributed by atoms with E-state index in [1.165, 1.54) is 21.1 Å². The molecule has 52 heavy (non-hydrogen) atoms. The molecule has 0 bridgehead atoms. The minimum Gasteiger partial charge on any atom is -0.459 e. The summed E-state index contributed by atoms with van der Waals surface area (Å²) in [5.74, 6) is -3.52. The van der Waals surface area contributed by atoms with Crippen LogP contribution in [0.5, 0.6) is 0 Å². The van der Waals surface area contributed by atoms with Gasteiger partial charge in [0.1, 0.15) is 29.7 Å². The number of ketones is 1. The number of methoxy groups -OCH3 is 2. The Balaban J connectivity index is 2.23. The Morgan fingerprint density at radius 3 is 2.00 bits per heavy atom. The third kappa shape index (κ3) is 9.38. The van der Waals surface area contributed by atoms with Crippen LogP contribution in [0.4, 0.5) is 0 Å². The Morgan fingerprint density at radius 2 is 1.46 bits per heavy atom. The van der Waals surface area contributed by atoms with Crippen molar-refractivity contribution in [1.82, 2.24) is 4.90 Å². The maximum Gasteiger partial charge on any atom is 0.309 e. The smallest absolute Gasteiger partial charge is 0.309 e. The van der Waals surface area contributed by atoms with E-state index in [4.69, 9.17) is 33.2 Å². The van der Waals surface area contributed by atoms with E-state index in [-0.39, 0.29) is 43.6 Å². The van der Waals surface area contributed by atoms with E-state index < -0.39 is 95.3 Å². The number of carbonyl (C=O) groups is 2. The second kappa shape index (κ2) is 17.2. The standard InChI is InChI=1S/C38H69NO13/c1-15-26-38(10,45)31(43)22(4)29(41)20(2)17-37(9,47-14)33(51-34-30(42)25(39(11)12)16-21(3)48-34)23(5)35(7,18-27(40)50-26)52-28-19-36(8,46-13)32(44)24(6)49-28/h20-26,28,30-34,42-45H,15-19H2,1-14H3. The first-order chi connectivity index (χ1) is 23.9. The van der Waals surface area contributed by atoms with E-state index >= 15 is 0 Å². The van der Waals surface area contributed by atoms with Crippen LogP contribution in [0.2, 0.25) is 0 Å². The van der Waals surface area contributed by atoms with Crippen molar-refractivity contribution in [3.8, 4) is 0 Å². The normalized spacial score (nSPS) is 49.0. The molecule has 3 saturated heterocycles. The number of likely N-dealkylation sites (N-methyl/N-ethyl adjacent to an activating group) is 1. The molecule has 17 unspecified atom stereocenters. The maximum atomic E-state index is 14.0. The molecule has 0 saturated carbocycles. The molecule has 0 aliphatic carbocycles. The number of esters is 1. The van der Waals surface area contributed by atoms with E-state index in [0.717, 1.165) is 0 Å². The third-order valence-electron chi connectivity index (χ3n) is 12.4. The topological polar surface area (TPSA) is 183 Å². The Morgan fingerprint density at radius 1 is 0.865 bits per heavy atom. The van der Waals surface area contributed by atoms with Gasteiger partial charge in [0, 0.05) is 44.4 Å². The summed E-state index contributed by atoms with van der Waals surface area (Å²) in [7, 11) is 6.76. The maximum absolute atomic E-state index is 14.0. The van der Waals surface area contributed by atoms with Crippen molar-refractivity contribution in [2.45, 2.75) is 185 Å². The first kappa shape index (κ1) is 45.1. The first-order valence-electron chi connectivity index (χ1n) is 18.8. The van der Waals surface area contributed by atoms with Crippen molar-refractivity contribution in [3.05, 3.63) is 0 Å². The second-order valence-corrected chi connectivity index (χ2v) is 16.8. The fraction of sp³-hybridized carbons (Fsp3) is 0.947. The molecular weight excluding hydrogens is 678 g/mol. The summed E-state index contributed by atoms with van der Waals surface area (Å²) in [5, 5.41) is 45.5. The highest BCUT2D eigenvalue weighted by molar-refractivity contribution is 5.83. The zero-order valence-corrected chi connectivity index (χ0v) is 34.0. The van der Waals surface area contributed by atoms with Gasteiger partial charge >= 0.3 is 5.97 Å². The minimum atomic E-state index is -1.96. The molecule has 14 heteroatoms.